The molecule has 0 saturated carbocycles. The van der Waals surface area contributed by atoms with Crippen LogP contribution in [0.3, 0.4) is 0 Å². The van der Waals surface area contributed by atoms with Gasteiger partial charge in [-0.25, -0.2) is 0 Å². The molecular formula is C60H47N. The van der Waals surface area contributed by atoms with E-state index in [0.29, 0.717) is 0 Å². The van der Waals surface area contributed by atoms with Crippen LogP contribution in [0.15, 0.2) is 212 Å². The monoisotopic (exact) mass is 781 g/mol. The second kappa shape index (κ2) is 14.2. The molecule has 0 atom stereocenters. The maximum absolute atomic E-state index is 2.53. The van der Waals surface area contributed by atoms with Crippen LogP contribution in [0.5, 0.6) is 0 Å². The number of fused-ring (bicyclic) bond motifs is 6. The molecule has 9 aromatic rings. The summed E-state index contributed by atoms with van der Waals surface area (Å²) < 4.78 is 0. The number of rotatable bonds is 7. The standard InChI is InChI=1S/C60H47N/c1-59(2)53-32-14-10-27-47(53)49-37-36-43(39-55(49)59)61(57-35-17-13-29-50(57)52-31-19-30-51-48-28-11-15-33-54(48)60(3,4)58(51)52)56-34-16-12-26-46(56)42-23-18-22-41(38-42)45-25-9-8-24-44(45)40-20-6-5-7-21-40/h5-39H,1-4H3. The van der Waals surface area contributed by atoms with Crippen LogP contribution >= 0.6 is 0 Å². The van der Waals surface area contributed by atoms with Gasteiger partial charge in [-0.05, 0) is 108 Å². The number of hydrogen-bond donors (Lipinski definition) is 0. The van der Waals surface area contributed by atoms with Gasteiger partial charge in [0.25, 0.3) is 0 Å². The van der Waals surface area contributed by atoms with Gasteiger partial charge in [-0.1, -0.05) is 210 Å². The minimum absolute atomic E-state index is 0.150. The molecule has 0 saturated heterocycles. The summed E-state index contributed by atoms with van der Waals surface area (Å²) in [6, 6.07) is 78.5. The van der Waals surface area contributed by atoms with Crippen molar-refractivity contribution in [3.8, 4) is 66.8 Å². The smallest absolute Gasteiger partial charge is 0.0540 e. The van der Waals surface area contributed by atoms with Crippen LogP contribution in [-0.2, 0) is 10.8 Å². The van der Waals surface area contributed by atoms with E-state index in [1.165, 1.54) is 89.0 Å². The van der Waals surface area contributed by atoms with Gasteiger partial charge >= 0.3 is 0 Å². The van der Waals surface area contributed by atoms with Gasteiger partial charge in [0, 0.05) is 27.6 Å². The summed E-state index contributed by atoms with van der Waals surface area (Å²) in [5, 5.41) is 0. The molecule has 0 heterocycles. The summed E-state index contributed by atoms with van der Waals surface area (Å²) in [5.74, 6) is 0. The normalized spacial score (nSPS) is 13.8. The summed E-state index contributed by atoms with van der Waals surface area (Å²) >= 11 is 0. The molecule has 1 heteroatoms. The van der Waals surface area contributed by atoms with E-state index >= 15 is 0 Å². The van der Waals surface area contributed by atoms with Gasteiger partial charge in [-0.3, -0.25) is 0 Å². The Bertz CT molecular complexity index is 3150. The third kappa shape index (κ3) is 5.83. The Morgan fingerprint density at radius 1 is 0.279 bits per heavy atom. The molecule has 0 bridgehead atoms. The van der Waals surface area contributed by atoms with Crippen molar-refractivity contribution >= 4 is 17.1 Å². The average Bonchev–Trinajstić information content (AvgIpc) is 3.69. The molecule has 292 valence electrons. The van der Waals surface area contributed by atoms with Crippen LogP contribution in [0.4, 0.5) is 17.1 Å². The Hall–Kier alpha value is -7.22. The average molecular weight is 782 g/mol. The SMILES string of the molecule is CC1(C)c2ccccc2-c2ccc(N(c3ccccc3-c3cccc(-c4ccccc4-c4ccccc4)c3)c3ccccc3-c3cccc4c3C(C)(C)c3ccccc3-4)cc21. The summed E-state index contributed by atoms with van der Waals surface area (Å²) in [6.07, 6.45) is 0. The molecule has 1 nitrogen and oxygen atoms in total. The molecular weight excluding hydrogens is 735 g/mol. The van der Waals surface area contributed by atoms with E-state index in [4.69, 9.17) is 0 Å². The maximum Gasteiger partial charge on any atom is 0.0540 e. The summed E-state index contributed by atoms with van der Waals surface area (Å²) in [6.45, 7) is 9.53. The van der Waals surface area contributed by atoms with E-state index in [9.17, 15) is 0 Å². The highest BCUT2D eigenvalue weighted by Gasteiger charge is 2.39. The van der Waals surface area contributed by atoms with Crippen molar-refractivity contribution in [3.63, 3.8) is 0 Å². The lowest BCUT2D eigenvalue weighted by Crippen LogP contribution is -2.18. The fourth-order valence-electron chi connectivity index (χ4n) is 10.6. The van der Waals surface area contributed by atoms with Crippen LogP contribution < -0.4 is 4.90 Å². The van der Waals surface area contributed by atoms with Crippen molar-refractivity contribution in [2.24, 2.45) is 0 Å². The highest BCUT2D eigenvalue weighted by Crippen LogP contribution is 2.55. The van der Waals surface area contributed by atoms with Crippen molar-refractivity contribution in [2.75, 3.05) is 4.90 Å². The second-order valence-electron chi connectivity index (χ2n) is 17.7. The van der Waals surface area contributed by atoms with Gasteiger partial charge in [0.05, 0.1) is 11.4 Å². The van der Waals surface area contributed by atoms with Crippen LogP contribution in [0.1, 0.15) is 49.9 Å². The summed E-state index contributed by atoms with van der Waals surface area (Å²) in [5.41, 5.74) is 23.6. The van der Waals surface area contributed by atoms with E-state index in [2.05, 4.69) is 245 Å². The van der Waals surface area contributed by atoms with Crippen LogP contribution in [0.25, 0.3) is 66.8 Å². The first-order valence-corrected chi connectivity index (χ1v) is 21.5. The third-order valence-corrected chi connectivity index (χ3v) is 13.5. The molecule has 0 fully saturated rings. The van der Waals surface area contributed by atoms with Gasteiger partial charge in [-0.15, -0.1) is 0 Å². The minimum Gasteiger partial charge on any atom is -0.309 e. The van der Waals surface area contributed by atoms with Crippen molar-refractivity contribution in [1.82, 2.24) is 0 Å². The zero-order valence-electron chi connectivity index (χ0n) is 35.2. The quantitative estimate of drug-likeness (QED) is 0.156. The topological polar surface area (TPSA) is 3.24 Å². The molecule has 0 N–H and O–H groups in total. The third-order valence-electron chi connectivity index (χ3n) is 13.5. The van der Waals surface area contributed by atoms with Crippen molar-refractivity contribution in [1.29, 1.82) is 0 Å². The summed E-state index contributed by atoms with van der Waals surface area (Å²) in [7, 11) is 0. The molecule has 0 aliphatic heterocycles. The number of benzene rings is 9. The number of anilines is 3. The van der Waals surface area contributed by atoms with E-state index < -0.39 is 0 Å². The molecule has 61 heavy (non-hydrogen) atoms. The predicted octanol–water partition coefficient (Wildman–Crippen LogP) is 16.4. The van der Waals surface area contributed by atoms with E-state index in [1.54, 1.807) is 0 Å². The van der Waals surface area contributed by atoms with Crippen molar-refractivity contribution in [2.45, 2.75) is 38.5 Å². The Balaban J connectivity index is 1.13. The van der Waals surface area contributed by atoms with E-state index in [0.717, 1.165) is 17.1 Å². The van der Waals surface area contributed by atoms with Crippen LogP contribution in [0.2, 0.25) is 0 Å². The fourth-order valence-corrected chi connectivity index (χ4v) is 10.6. The van der Waals surface area contributed by atoms with Crippen molar-refractivity contribution in [3.05, 3.63) is 235 Å². The molecule has 0 unspecified atom stereocenters. The molecule has 0 spiro atoms. The Morgan fingerprint density at radius 3 is 1.39 bits per heavy atom. The van der Waals surface area contributed by atoms with E-state index in [1.807, 2.05) is 0 Å². The lowest BCUT2D eigenvalue weighted by Gasteiger charge is -2.32. The van der Waals surface area contributed by atoms with Gasteiger partial charge in [0.2, 0.25) is 0 Å². The lowest BCUT2D eigenvalue weighted by molar-refractivity contribution is 0.660. The number of nitrogens with zero attached hydrogens (tertiary/aromatic N) is 1. The maximum atomic E-state index is 2.53. The highest BCUT2D eigenvalue weighted by atomic mass is 15.1. The second-order valence-corrected chi connectivity index (χ2v) is 17.7. The molecule has 2 aliphatic carbocycles. The van der Waals surface area contributed by atoms with Gasteiger partial charge in [-0.2, -0.15) is 0 Å². The Morgan fingerprint density at radius 2 is 0.705 bits per heavy atom. The Kier molecular flexibility index (Phi) is 8.58. The highest BCUT2D eigenvalue weighted by molar-refractivity contribution is 5.98. The Labute approximate surface area is 360 Å². The molecule has 2 aliphatic rings. The van der Waals surface area contributed by atoms with Crippen LogP contribution in [-0.4, -0.2) is 0 Å². The lowest BCUT2D eigenvalue weighted by atomic mass is 9.78. The predicted molar refractivity (Wildman–Crippen MR) is 258 cm³/mol. The zero-order valence-corrected chi connectivity index (χ0v) is 35.2. The summed E-state index contributed by atoms with van der Waals surface area (Å²) in [4.78, 5) is 2.53. The number of hydrogen-bond acceptors (Lipinski definition) is 1. The van der Waals surface area contributed by atoms with Crippen LogP contribution in [0, 0.1) is 0 Å². The zero-order chi connectivity index (χ0) is 41.3. The first kappa shape index (κ1) is 36.8. The van der Waals surface area contributed by atoms with E-state index in [-0.39, 0.29) is 10.8 Å². The first-order chi connectivity index (χ1) is 29.8. The molecule has 11 rings (SSSR count). The number of para-hydroxylation sites is 2. The molecule has 0 amide bonds. The minimum atomic E-state index is -0.168. The largest absolute Gasteiger partial charge is 0.309 e. The van der Waals surface area contributed by atoms with Gasteiger partial charge < -0.3 is 4.90 Å². The molecule has 9 aromatic carbocycles. The first-order valence-electron chi connectivity index (χ1n) is 21.5. The molecule has 0 aromatic heterocycles. The fraction of sp³-hybridized carbons (Fsp3) is 0.100. The van der Waals surface area contributed by atoms with Gasteiger partial charge in [0.1, 0.15) is 0 Å². The molecule has 0 radical (unpaired) electrons. The van der Waals surface area contributed by atoms with Crippen molar-refractivity contribution < 1.29 is 0 Å². The van der Waals surface area contributed by atoms with Gasteiger partial charge in [0.15, 0.2) is 0 Å².